The van der Waals surface area contributed by atoms with Gasteiger partial charge in [0.05, 0.1) is 0 Å². The van der Waals surface area contributed by atoms with Gasteiger partial charge in [-0.25, -0.2) is 13.2 Å². The lowest BCUT2D eigenvalue weighted by Gasteiger charge is -2.09. The maximum absolute atomic E-state index is 13.4. The molecule has 0 aliphatic carbocycles. The molecule has 112 valence electrons. The first-order valence-electron chi connectivity index (χ1n) is 6.60. The fourth-order valence-electron chi connectivity index (χ4n) is 1.87. The summed E-state index contributed by atoms with van der Waals surface area (Å²) in [6, 6.07) is 9.04. The Hall–Kier alpha value is -2.01. The minimum absolute atomic E-state index is 0.0875. The number of nitrogens with one attached hydrogen (secondary N) is 1. The van der Waals surface area contributed by atoms with Crippen LogP contribution in [0.15, 0.2) is 36.4 Å². The van der Waals surface area contributed by atoms with Gasteiger partial charge in [0.2, 0.25) is 0 Å². The molecule has 0 unspecified atom stereocenters. The van der Waals surface area contributed by atoms with Crippen molar-refractivity contribution in [2.75, 3.05) is 13.2 Å². The van der Waals surface area contributed by atoms with Gasteiger partial charge in [0.15, 0.2) is 11.6 Å². The van der Waals surface area contributed by atoms with Crippen LogP contribution < -0.4 is 10.1 Å². The number of benzene rings is 2. The predicted octanol–water partition coefficient (Wildman–Crippen LogP) is 3.58. The molecule has 0 spiro atoms. The van der Waals surface area contributed by atoms with E-state index in [2.05, 4.69) is 5.32 Å². The maximum atomic E-state index is 13.4. The molecule has 0 bridgehead atoms. The molecule has 0 aliphatic heterocycles. The van der Waals surface area contributed by atoms with E-state index in [1.165, 1.54) is 0 Å². The van der Waals surface area contributed by atoms with Crippen LogP contribution in [0.4, 0.5) is 13.2 Å². The number of halogens is 3. The van der Waals surface area contributed by atoms with Crippen molar-refractivity contribution in [1.29, 1.82) is 0 Å². The summed E-state index contributed by atoms with van der Waals surface area (Å²) in [4.78, 5) is 0. The summed E-state index contributed by atoms with van der Waals surface area (Å²) in [5.74, 6) is -2.24. The van der Waals surface area contributed by atoms with Crippen molar-refractivity contribution in [3.05, 3.63) is 65.0 Å². The molecule has 2 aromatic rings. The van der Waals surface area contributed by atoms with Crippen molar-refractivity contribution < 1.29 is 17.9 Å². The lowest BCUT2D eigenvalue weighted by Crippen LogP contribution is -2.21. The van der Waals surface area contributed by atoms with E-state index in [-0.39, 0.29) is 12.1 Å². The minimum Gasteiger partial charge on any atom is -0.492 e. The molecule has 0 aromatic heterocycles. The highest BCUT2D eigenvalue weighted by Gasteiger charge is 2.09. The molecular formula is C16H16F3NO. The third kappa shape index (κ3) is 4.49. The zero-order chi connectivity index (χ0) is 15.2. The van der Waals surface area contributed by atoms with Crippen LogP contribution in [0.3, 0.4) is 0 Å². The number of hydrogen-bond donors (Lipinski definition) is 1. The Morgan fingerprint density at radius 1 is 1.00 bits per heavy atom. The average Bonchev–Trinajstić information content (AvgIpc) is 2.44. The Labute approximate surface area is 121 Å². The van der Waals surface area contributed by atoms with Crippen molar-refractivity contribution in [2.45, 2.75) is 13.5 Å². The molecule has 0 atom stereocenters. The summed E-state index contributed by atoms with van der Waals surface area (Å²) < 4.78 is 44.6. The molecule has 21 heavy (non-hydrogen) atoms. The van der Waals surface area contributed by atoms with E-state index in [1.807, 2.05) is 31.2 Å². The first kappa shape index (κ1) is 15.4. The van der Waals surface area contributed by atoms with Crippen molar-refractivity contribution >= 4 is 0 Å². The molecule has 0 heterocycles. The Morgan fingerprint density at radius 3 is 2.52 bits per heavy atom. The van der Waals surface area contributed by atoms with E-state index in [0.717, 1.165) is 17.4 Å². The van der Waals surface area contributed by atoms with Crippen molar-refractivity contribution in [3.63, 3.8) is 0 Å². The molecule has 0 aliphatic rings. The summed E-state index contributed by atoms with van der Waals surface area (Å²) >= 11 is 0. The van der Waals surface area contributed by atoms with Crippen molar-refractivity contribution in [3.8, 4) is 5.75 Å². The largest absolute Gasteiger partial charge is 0.492 e. The average molecular weight is 295 g/mol. The van der Waals surface area contributed by atoms with Gasteiger partial charge in [-0.2, -0.15) is 0 Å². The Bertz CT molecular complexity index is 616. The number of ether oxygens (including phenoxy) is 1. The minimum atomic E-state index is -1.18. The molecule has 2 aromatic carbocycles. The maximum Gasteiger partial charge on any atom is 0.161 e. The van der Waals surface area contributed by atoms with E-state index >= 15 is 0 Å². The van der Waals surface area contributed by atoms with Gasteiger partial charge >= 0.3 is 0 Å². The quantitative estimate of drug-likeness (QED) is 0.649. The van der Waals surface area contributed by atoms with Crippen LogP contribution in [0.25, 0.3) is 0 Å². The first-order valence-corrected chi connectivity index (χ1v) is 6.60. The predicted molar refractivity (Wildman–Crippen MR) is 74.7 cm³/mol. The van der Waals surface area contributed by atoms with Gasteiger partial charge in [-0.15, -0.1) is 0 Å². The van der Waals surface area contributed by atoms with Gasteiger partial charge in [0.1, 0.15) is 18.2 Å². The third-order valence-corrected chi connectivity index (χ3v) is 2.94. The highest BCUT2D eigenvalue weighted by atomic mass is 19.2. The van der Waals surface area contributed by atoms with Crippen LogP contribution >= 0.6 is 0 Å². The van der Waals surface area contributed by atoms with Crippen LogP contribution in [0.2, 0.25) is 0 Å². The number of aryl methyl sites for hydroxylation is 1. The second kappa shape index (κ2) is 7.13. The van der Waals surface area contributed by atoms with E-state index in [1.54, 1.807) is 0 Å². The summed E-state index contributed by atoms with van der Waals surface area (Å²) in [5.41, 5.74) is 1.19. The van der Waals surface area contributed by atoms with Gasteiger partial charge in [-0.1, -0.05) is 12.1 Å². The SMILES string of the molecule is Cc1cccc(OCCNCc2cc(F)c(F)cc2F)c1. The number of rotatable bonds is 6. The third-order valence-electron chi connectivity index (χ3n) is 2.94. The summed E-state index contributed by atoms with van der Waals surface area (Å²) in [6.45, 7) is 2.94. The zero-order valence-electron chi connectivity index (χ0n) is 11.6. The summed E-state index contributed by atoms with van der Waals surface area (Å²) in [5, 5.41) is 2.92. The fourth-order valence-corrected chi connectivity index (χ4v) is 1.87. The van der Waals surface area contributed by atoms with Gasteiger partial charge < -0.3 is 10.1 Å². The Morgan fingerprint density at radius 2 is 1.76 bits per heavy atom. The van der Waals surface area contributed by atoms with Gasteiger partial charge in [0.25, 0.3) is 0 Å². The number of hydrogen-bond acceptors (Lipinski definition) is 2. The van der Waals surface area contributed by atoms with Crippen LogP contribution in [0.5, 0.6) is 5.75 Å². The van der Waals surface area contributed by atoms with Crippen LogP contribution in [0, 0.1) is 24.4 Å². The molecular weight excluding hydrogens is 279 g/mol. The standard InChI is InChI=1S/C16H16F3NO/c1-11-3-2-4-13(7-11)21-6-5-20-10-12-8-15(18)16(19)9-14(12)17/h2-4,7-9,20H,5-6,10H2,1H3. The highest BCUT2D eigenvalue weighted by Crippen LogP contribution is 2.14. The van der Waals surface area contributed by atoms with Gasteiger partial charge in [-0.3, -0.25) is 0 Å². The Kier molecular flexibility index (Phi) is 5.22. The molecule has 0 radical (unpaired) electrons. The summed E-state index contributed by atoms with van der Waals surface area (Å²) in [6.07, 6.45) is 0. The fraction of sp³-hybridized carbons (Fsp3) is 0.250. The van der Waals surface area contributed by atoms with E-state index < -0.39 is 17.5 Å². The van der Waals surface area contributed by atoms with E-state index in [4.69, 9.17) is 4.74 Å². The topological polar surface area (TPSA) is 21.3 Å². The van der Waals surface area contributed by atoms with Crippen LogP contribution in [-0.4, -0.2) is 13.2 Å². The molecule has 5 heteroatoms. The van der Waals surface area contributed by atoms with Crippen LogP contribution in [0.1, 0.15) is 11.1 Å². The van der Waals surface area contributed by atoms with Gasteiger partial charge in [0, 0.05) is 24.7 Å². The zero-order valence-corrected chi connectivity index (χ0v) is 11.6. The molecule has 0 amide bonds. The molecule has 0 saturated heterocycles. The Balaban J connectivity index is 1.76. The van der Waals surface area contributed by atoms with E-state index in [0.29, 0.717) is 19.2 Å². The van der Waals surface area contributed by atoms with Crippen molar-refractivity contribution in [1.82, 2.24) is 5.32 Å². The summed E-state index contributed by atoms with van der Waals surface area (Å²) in [7, 11) is 0. The molecule has 0 fully saturated rings. The first-order chi connectivity index (χ1) is 10.1. The second-order valence-corrected chi connectivity index (χ2v) is 4.70. The van der Waals surface area contributed by atoms with Crippen molar-refractivity contribution in [2.24, 2.45) is 0 Å². The van der Waals surface area contributed by atoms with Crippen LogP contribution in [-0.2, 0) is 6.54 Å². The monoisotopic (exact) mass is 295 g/mol. The molecule has 2 rings (SSSR count). The highest BCUT2D eigenvalue weighted by molar-refractivity contribution is 5.27. The normalized spacial score (nSPS) is 10.7. The molecule has 1 N–H and O–H groups in total. The molecule has 0 saturated carbocycles. The molecule has 2 nitrogen and oxygen atoms in total. The van der Waals surface area contributed by atoms with E-state index in [9.17, 15) is 13.2 Å². The second-order valence-electron chi connectivity index (χ2n) is 4.70. The smallest absolute Gasteiger partial charge is 0.161 e. The van der Waals surface area contributed by atoms with Gasteiger partial charge in [-0.05, 0) is 30.7 Å². The lowest BCUT2D eigenvalue weighted by atomic mass is 10.2. The lowest BCUT2D eigenvalue weighted by molar-refractivity contribution is 0.313.